The van der Waals surface area contributed by atoms with Gasteiger partial charge >= 0.3 is 0 Å². The van der Waals surface area contributed by atoms with Gasteiger partial charge in [-0.1, -0.05) is 18.2 Å². The highest BCUT2D eigenvalue weighted by atomic mass is 19.1. The summed E-state index contributed by atoms with van der Waals surface area (Å²) in [6, 6.07) is 18.4. The van der Waals surface area contributed by atoms with E-state index in [4.69, 9.17) is 14.2 Å². The number of carbonyl (C=O) groups is 1. The number of methoxy groups -OCH3 is 2. The van der Waals surface area contributed by atoms with Gasteiger partial charge in [0.1, 0.15) is 11.6 Å². The summed E-state index contributed by atoms with van der Waals surface area (Å²) in [5.74, 6) is -0.241. The number of benzene rings is 4. The molecule has 0 aliphatic carbocycles. The zero-order valence-corrected chi connectivity index (χ0v) is 19.3. The molecule has 6 nitrogen and oxygen atoms in total. The maximum absolute atomic E-state index is 15.6. The van der Waals surface area contributed by atoms with Gasteiger partial charge in [0.2, 0.25) is 0 Å². The number of fused-ring (bicyclic) bond motifs is 2. The molecule has 5 aromatic rings. The van der Waals surface area contributed by atoms with Crippen LogP contribution in [-0.4, -0.2) is 25.1 Å². The highest BCUT2D eigenvalue weighted by molar-refractivity contribution is 6.13. The van der Waals surface area contributed by atoms with Gasteiger partial charge in [-0.25, -0.2) is 8.78 Å². The largest absolute Gasteiger partial charge is 0.493 e. The summed E-state index contributed by atoms with van der Waals surface area (Å²) in [5, 5.41) is 3.85. The van der Waals surface area contributed by atoms with E-state index in [1.165, 1.54) is 38.5 Å². The van der Waals surface area contributed by atoms with E-state index in [0.29, 0.717) is 39.2 Å². The highest BCUT2D eigenvalue weighted by Gasteiger charge is 2.17. The number of anilines is 1. The molecule has 0 aliphatic rings. The van der Waals surface area contributed by atoms with E-state index < -0.39 is 17.5 Å². The molecule has 0 atom stereocenters. The van der Waals surface area contributed by atoms with Crippen LogP contribution in [-0.2, 0) is 0 Å². The fourth-order valence-electron chi connectivity index (χ4n) is 4.00. The summed E-state index contributed by atoms with van der Waals surface area (Å²) in [5.41, 5.74) is 1.13. The van der Waals surface area contributed by atoms with E-state index in [-0.39, 0.29) is 16.7 Å². The number of nitrogens with one attached hydrogen (secondary N) is 1. The number of hydrogen-bond donors (Lipinski definition) is 1. The SMILES string of the molecule is COc1cc2nccc(Oc3ccc4c(C(=O)Nc5cccc(F)c5)cccc4c3F)c2cc1OC. The van der Waals surface area contributed by atoms with Crippen LogP contribution in [0.2, 0.25) is 0 Å². The van der Waals surface area contributed by atoms with Crippen molar-refractivity contribution in [2.24, 2.45) is 0 Å². The smallest absolute Gasteiger partial charge is 0.256 e. The van der Waals surface area contributed by atoms with Gasteiger partial charge in [0, 0.05) is 34.3 Å². The number of nitrogens with zero attached hydrogens (tertiary/aromatic N) is 1. The third-order valence-corrected chi connectivity index (χ3v) is 5.71. The third kappa shape index (κ3) is 4.24. The Morgan fingerprint density at radius 2 is 1.56 bits per heavy atom. The van der Waals surface area contributed by atoms with Crippen LogP contribution in [0.4, 0.5) is 14.5 Å². The van der Waals surface area contributed by atoms with Crippen molar-refractivity contribution in [3.8, 4) is 23.0 Å². The van der Waals surface area contributed by atoms with E-state index in [1.807, 2.05) is 0 Å². The number of rotatable bonds is 6. The molecule has 0 spiro atoms. The number of pyridine rings is 1. The van der Waals surface area contributed by atoms with Crippen LogP contribution >= 0.6 is 0 Å². The molecule has 0 aliphatic heterocycles. The van der Waals surface area contributed by atoms with Crippen molar-refractivity contribution in [3.63, 3.8) is 0 Å². The second-order valence-electron chi connectivity index (χ2n) is 7.88. The topological polar surface area (TPSA) is 69.7 Å². The number of halogens is 2. The summed E-state index contributed by atoms with van der Waals surface area (Å²) in [7, 11) is 3.05. The predicted octanol–water partition coefficient (Wildman–Crippen LogP) is 6.73. The van der Waals surface area contributed by atoms with Crippen LogP contribution in [0.25, 0.3) is 21.7 Å². The van der Waals surface area contributed by atoms with Crippen LogP contribution in [0.15, 0.2) is 79.0 Å². The van der Waals surface area contributed by atoms with Crippen molar-refractivity contribution in [1.29, 1.82) is 0 Å². The zero-order valence-electron chi connectivity index (χ0n) is 19.3. The van der Waals surface area contributed by atoms with Gasteiger partial charge in [-0.3, -0.25) is 9.78 Å². The van der Waals surface area contributed by atoms with Gasteiger partial charge < -0.3 is 19.5 Å². The molecule has 0 unspecified atom stereocenters. The standard InChI is InChI=1S/C28H20F2N2O4/c1-34-25-14-21-22(15-26(25)35-2)31-12-11-23(21)36-24-10-9-18-19(27(24)30)7-4-8-20(18)28(33)32-17-6-3-5-16(29)13-17/h3-15H,1-2H3,(H,32,33). The van der Waals surface area contributed by atoms with E-state index >= 15 is 4.39 Å². The maximum atomic E-state index is 15.6. The van der Waals surface area contributed by atoms with Crippen LogP contribution in [0.3, 0.4) is 0 Å². The molecule has 0 saturated carbocycles. The first kappa shape index (κ1) is 23.0. The Morgan fingerprint density at radius 1 is 0.778 bits per heavy atom. The van der Waals surface area contributed by atoms with Crippen LogP contribution in [0.5, 0.6) is 23.0 Å². The second-order valence-corrected chi connectivity index (χ2v) is 7.88. The number of hydrogen-bond acceptors (Lipinski definition) is 5. The van der Waals surface area contributed by atoms with Crippen LogP contribution in [0, 0.1) is 11.6 Å². The molecule has 180 valence electrons. The van der Waals surface area contributed by atoms with Gasteiger partial charge in [-0.05, 0) is 53.9 Å². The normalized spacial score (nSPS) is 10.9. The summed E-state index contributed by atoms with van der Waals surface area (Å²) in [4.78, 5) is 17.2. The fourth-order valence-corrected chi connectivity index (χ4v) is 4.00. The predicted molar refractivity (Wildman–Crippen MR) is 133 cm³/mol. The first-order valence-corrected chi connectivity index (χ1v) is 10.9. The first-order chi connectivity index (χ1) is 17.5. The third-order valence-electron chi connectivity index (χ3n) is 5.71. The molecule has 1 N–H and O–H groups in total. The lowest BCUT2D eigenvalue weighted by atomic mass is 10.0. The molecule has 1 amide bonds. The molecule has 8 heteroatoms. The van der Waals surface area contributed by atoms with Crippen molar-refractivity contribution < 1.29 is 27.8 Å². The molecule has 1 heterocycles. The molecule has 4 aromatic carbocycles. The number of ether oxygens (including phenoxy) is 3. The van der Waals surface area contributed by atoms with Crippen molar-refractivity contribution >= 4 is 33.3 Å². The van der Waals surface area contributed by atoms with Crippen molar-refractivity contribution in [2.75, 3.05) is 19.5 Å². The Morgan fingerprint density at radius 3 is 2.33 bits per heavy atom. The highest BCUT2D eigenvalue weighted by Crippen LogP contribution is 2.38. The Bertz CT molecular complexity index is 1620. The minimum absolute atomic E-state index is 0.0209. The minimum atomic E-state index is -0.627. The molecular formula is C28H20F2N2O4. The van der Waals surface area contributed by atoms with Crippen molar-refractivity contribution in [1.82, 2.24) is 4.98 Å². The quantitative estimate of drug-likeness (QED) is 0.288. The molecular weight excluding hydrogens is 466 g/mol. The van der Waals surface area contributed by atoms with E-state index in [2.05, 4.69) is 10.3 Å². The zero-order chi connectivity index (χ0) is 25.2. The molecule has 0 bridgehead atoms. The summed E-state index contributed by atoms with van der Waals surface area (Å²) in [6.07, 6.45) is 1.55. The maximum Gasteiger partial charge on any atom is 0.256 e. The lowest BCUT2D eigenvalue weighted by molar-refractivity contribution is 0.102. The number of amides is 1. The Balaban J connectivity index is 1.52. The average Bonchev–Trinajstić information content (AvgIpc) is 2.89. The van der Waals surface area contributed by atoms with Gasteiger partial charge in [-0.2, -0.15) is 0 Å². The van der Waals surface area contributed by atoms with Gasteiger partial charge in [0.25, 0.3) is 5.91 Å². The van der Waals surface area contributed by atoms with Crippen LogP contribution in [0.1, 0.15) is 10.4 Å². The number of carbonyl (C=O) groups excluding carboxylic acids is 1. The van der Waals surface area contributed by atoms with Crippen molar-refractivity contribution in [2.45, 2.75) is 0 Å². The van der Waals surface area contributed by atoms with Crippen LogP contribution < -0.4 is 19.5 Å². The van der Waals surface area contributed by atoms with E-state index in [9.17, 15) is 9.18 Å². The van der Waals surface area contributed by atoms with Gasteiger partial charge in [0.15, 0.2) is 23.1 Å². The lowest BCUT2D eigenvalue weighted by Crippen LogP contribution is -2.12. The lowest BCUT2D eigenvalue weighted by Gasteiger charge is -2.14. The summed E-state index contributed by atoms with van der Waals surface area (Å²) >= 11 is 0. The first-order valence-electron chi connectivity index (χ1n) is 10.9. The van der Waals surface area contributed by atoms with E-state index in [1.54, 1.807) is 54.7 Å². The molecule has 0 saturated heterocycles. The minimum Gasteiger partial charge on any atom is -0.493 e. The molecule has 1 aromatic heterocycles. The molecule has 0 fully saturated rings. The second kappa shape index (κ2) is 9.50. The summed E-state index contributed by atoms with van der Waals surface area (Å²) in [6.45, 7) is 0. The number of aromatic nitrogens is 1. The molecule has 36 heavy (non-hydrogen) atoms. The summed E-state index contributed by atoms with van der Waals surface area (Å²) < 4.78 is 45.7. The molecule has 0 radical (unpaired) electrons. The Hall–Kier alpha value is -4.72. The van der Waals surface area contributed by atoms with E-state index in [0.717, 1.165) is 0 Å². The van der Waals surface area contributed by atoms with Gasteiger partial charge in [0.05, 0.1) is 19.7 Å². The average molecular weight is 486 g/mol. The van der Waals surface area contributed by atoms with Crippen molar-refractivity contribution in [3.05, 3.63) is 96.2 Å². The monoisotopic (exact) mass is 486 g/mol. The Kier molecular flexibility index (Phi) is 6.08. The molecule has 5 rings (SSSR count). The Labute approximate surface area is 205 Å². The fraction of sp³-hybridized carbons (Fsp3) is 0.0714. The van der Waals surface area contributed by atoms with Gasteiger partial charge in [-0.15, -0.1) is 0 Å².